The van der Waals surface area contributed by atoms with Crippen molar-refractivity contribution in [3.05, 3.63) is 92.6 Å². The number of nitrogens with zero attached hydrogens (tertiary/aromatic N) is 1. The van der Waals surface area contributed by atoms with Crippen LogP contribution in [0.3, 0.4) is 0 Å². The molecule has 1 aromatic heterocycles. The number of aryl methyl sites for hydroxylation is 1. The van der Waals surface area contributed by atoms with Gasteiger partial charge in [-0.2, -0.15) is 0 Å². The van der Waals surface area contributed by atoms with Crippen molar-refractivity contribution in [2.45, 2.75) is 20.4 Å². The van der Waals surface area contributed by atoms with Crippen molar-refractivity contribution < 1.29 is 22.7 Å². The number of ether oxygens (including phenoxy) is 1. The minimum atomic E-state index is -4.09. The van der Waals surface area contributed by atoms with Crippen LogP contribution in [-0.2, 0) is 21.3 Å². The van der Waals surface area contributed by atoms with E-state index in [0.717, 1.165) is 11.1 Å². The van der Waals surface area contributed by atoms with E-state index in [-0.39, 0.29) is 18.1 Å². The number of ketones is 1. The predicted octanol–water partition coefficient (Wildman–Crippen LogP) is 4.72. The van der Waals surface area contributed by atoms with Crippen molar-refractivity contribution in [2.75, 3.05) is 16.2 Å². The van der Waals surface area contributed by atoms with E-state index in [0.29, 0.717) is 21.8 Å². The van der Waals surface area contributed by atoms with Crippen LogP contribution in [0.4, 0.5) is 11.4 Å². The molecule has 1 aliphatic heterocycles. The molecule has 0 fully saturated rings. The van der Waals surface area contributed by atoms with Gasteiger partial charge >= 0.3 is 5.97 Å². The number of thiophene rings is 1. The molecule has 0 bridgehead atoms. The molecule has 9 heteroatoms. The van der Waals surface area contributed by atoms with Crippen LogP contribution in [0.15, 0.2) is 71.1 Å². The van der Waals surface area contributed by atoms with Gasteiger partial charge in [-0.15, -0.1) is 11.3 Å². The standard InChI is InChI=1S/C24H22N2O5S2/c1-3-31-24(28)18-8-10-19(11-9-18)25-14-21-22(27)23-20(12-13-32-23)26(33(21,29)30)15-17-6-4-16(2)5-7-17/h4-14,25H,3,15H2,1-2H3/b21-14-. The summed E-state index contributed by atoms with van der Waals surface area (Å²) in [6.45, 7) is 4.07. The van der Waals surface area contributed by atoms with Crippen molar-refractivity contribution in [3.63, 3.8) is 0 Å². The zero-order chi connectivity index (χ0) is 23.6. The maximum Gasteiger partial charge on any atom is 0.338 e. The molecular weight excluding hydrogens is 460 g/mol. The van der Waals surface area contributed by atoms with E-state index in [2.05, 4.69) is 5.32 Å². The van der Waals surface area contributed by atoms with Crippen molar-refractivity contribution in [2.24, 2.45) is 0 Å². The molecule has 0 radical (unpaired) electrons. The molecule has 7 nitrogen and oxygen atoms in total. The lowest BCUT2D eigenvalue weighted by atomic mass is 10.1. The molecule has 4 rings (SSSR count). The van der Waals surface area contributed by atoms with Gasteiger partial charge in [0.15, 0.2) is 4.91 Å². The fourth-order valence-electron chi connectivity index (χ4n) is 3.38. The number of anilines is 2. The number of sulfonamides is 1. The van der Waals surface area contributed by atoms with Crippen molar-refractivity contribution >= 4 is 44.5 Å². The van der Waals surface area contributed by atoms with Crippen molar-refractivity contribution in [1.29, 1.82) is 0 Å². The highest BCUT2D eigenvalue weighted by atomic mass is 32.2. The number of carbonyl (C=O) groups excluding carboxylic acids is 2. The summed E-state index contributed by atoms with van der Waals surface area (Å²) in [4.78, 5) is 24.9. The second-order valence-corrected chi connectivity index (χ2v) is 10.2. The summed E-state index contributed by atoms with van der Waals surface area (Å²) in [5.41, 5.74) is 3.19. The van der Waals surface area contributed by atoms with Crippen LogP contribution in [0.25, 0.3) is 0 Å². The number of rotatable bonds is 6. The summed E-state index contributed by atoms with van der Waals surface area (Å²) in [5.74, 6) is -0.986. The van der Waals surface area contributed by atoms with E-state index < -0.39 is 21.8 Å². The van der Waals surface area contributed by atoms with Gasteiger partial charge in [-0.05, 0) is 55.1 Å². The first-order valence-corrected chi connectivity index (χ1v) is 12.6. The molecule has 3 aromatic rings. The molecule has 0 atom stereocenters. The van der Waals surface area contributed by atoms with Gasteiger partial charge in [-0.1, -0.05) is 29.8 Å². The Morgan fingerprint density at radius 3 is 2.45 bits per heavy atom. The summed E-state index contributed by atoms with van der Waals surface area (Å²) in [7, 11) is -4.09. The first-order chi connectivity index (χ1) is 15.8. The zero-order valence-electron chi connectivity index (χ0n) is 18.1. The Balaban J connectivity index is 1.64. The minimum absolute atomic E-state index is 0.116. The van der Waals surface area contributed by atoms with E-state index in [1.807, 2.05) is 31.2 Å². The number of hydrogen-bond acceptors (Lipinski definition) is 7. The lowest BCUT2D eigenvalue weighted by Gasteiger charge is -2.29. The molecule has 0 amide bonds. The van der Waals surface area contributed by atoms with E-state index >= 15 is 0 Å². The molecule has 0 saturated carbocycles. The fraction of sp³-hybridized carbons (Fsp3) is 0.167. The summed E-state index contributed by atoms with van der Waals surface area (Å²) in [6.07, 6.45) is 1.21. The highest BCUT2D eigenvalue weighted by Crippen LogP contribution is 2.39. The number of nitrogens with one attached hydrogen (secondary N) is 1. The summed E-state index contributed by atoms with van der Waals surface area (Å²) >= 11 is 1.21. The van der Waals surface area contributed by atoms with Gasteiger partial charge in [0.05, 0.1) is 24.4 Å². The van der Waals surface area contributed by atoms with Gasteiger partial charge in [0.1, 0.15) is 4.88 Å². The van der Waals surface area contributed by atoms with Crippen LogP contribution in [0.2, 0.25) is 0 Å². The summed E-state index contributed by atoms with van der Waals surface area (Å²) < 4.78 is 33.1. The Hall–Kier alpha value is -3.43. The third kappa shape index (κ3) is 4.55. The van der Waals surface area contributed by atoms with Crippen LogP contribution in [0.5, 0.6) is 0 Å². The molecular formula is C24H22N2O5S2. The topological polar surface area (TPSA) is 92.8 Å². The van der Waals surface area contributed by atoms with Gasteiger partial charge in [0.2, 0.25) is 5.78 Å². The highest BCUT2D eigenvalue weighted by molar-refractivity contribution is 7.97. The van der Waals surface area contributed by atoms with Crippen LogP contribution in [0.1, 0.15) is 38.1 Å². The quantitative estimate of drug-likeness (QED) is 0.404. The Kier molecular flexibility index (Phi) is 6.35. The Bertz CT molecular complexity index is 1320. The average molecular weight is 483 g/mol. The molecule has 1 N–H and O–H groups in total. The predicted molar refractivity (Wildman–Crippen MR) is 129 cm³/mol. The van der Waals surface area contributed by atoms with Gasteiger partial charge in [0, 0.05) is 11.9 Å². The molecule has 0 unspecified atom stereocenters. The first-order valence-electron chi connectivity index (χ1n) is 10.3. The molecule has 0 saturated heterocycles. The molecule has 170 valence electrons. The Labute approximate surface area is 196 Å². The van der Waals surface area contributed by atoms with Crippen LogP contribution >= 0.6 is 11.3 Å². The maximum atomic E-state index is 13.4. The van der Waals surface area contributed by atoms with E-state index in [1.165, 1.54) is 21.8 Å². The Morgan fingerprint density at radius 1 is 1.09 bits per heavy atom. The van der Waals surface area contributed by atoms with E-state index in [1.54, 1.807) is 42.6 Å². The largest absolute Gasteiger partial charge is 0.462 e. The lowest BCUT2D eigenvalue weighted by Crippen LogP contribution is -2.38. The second-order valence-electron chi connectivity index (χ2n) is 7.41. The summed E-state index contributed by atoms with van der Waals surface area (Å²) in [6, 6.07) is 15.6. The van der Waals surface area contributed by atoms with Gasteiger partial charge < -0.3 is 10.1 Å². The van der Waals surface area contributed by atoms with Gasteiger partial charge in [-0.3, -0.25) is 9.10 Å². The van der Waals surface area contributed by atoms with Crippen LogP contribution in [-0.4, -0.2) is 26.8 Å². The molecule has 0 spiro atoms. The average Bonchev–Trinajstić information content (AvgIpc) is 3.28. The molecule has 0 aliphatic carbocycles. The first kappa shape index (κ1) is 22.8. The van der Waals surface area contributed by atoms with Gasteiger partial charge in [-0.25, -0.2) is 13.2 Å². The van der Waals surface area contributed by atoms with Gasteiger partial charge in [0.25, 0.3) is 10.0 Å². The fourth-order valence-corrected chi connectivity index (χ4v) is 5.86. The van der Waals surface area contributed by atoms with Crippen molar-refractivity contribution in [1.82, 2.24) is 0 Å². The number of benzene rings is 2. The smallest absolute Gasteiger partial charge is 0.338 e. The number of hydrogen-bond donors (Lipinski definition) is 1. The zero-order valence-corrected chi connectivity index (χ0v) is 19.7. The van der Waals surface area contributed by atoms with Crippen LogP contribution in [0, 0.1) is 6.92 Å². The second kappa shape index (κ2) is 9.21. The van der Waals surface area contributed by atoms with Crippen LogP contribution < -0.4 is 9.62 Å². The molecule has 2 heterocycles. The Morgan fingerprint density at radius 2 is 1.79 bits per heavy atom. The number of esters is 1. The lowest BCUT2D eigenvalue weighted by molar-refractivity contribution is 0.0526. The SMILES string of the molecule is CCOC(=O)c1ccc(N/C=C2/C(=O)c3sccc3N(Cc3ccc(C)cc3)S2(=O)=O)cc1. The number of allylic oxidation sites excluding steroid dienone is 1. The molecule has 33 heavy (non-hydrogen) atoms. The number of fused-ring (bicyclic) bond motifs is 1. The number of Topliss-reactive ketones (excluding diaryl/α,β-unsaturated/α-hetero) is 1. The van der Waals surface area contributed by atoms with E-state index in [4.69, 9.17) is 4.74 Å². The molecule has 2 aromatic carbocycles. The molecule has 1 aliphatic rings. The van der Waals surface area contributed by atoms with E-state index in [9.17, 15) is 18.0 Å². The monoisotopic (exact) mass is 482 g/mol. The normalized spacial score (nSPS) is 15.9. The third-order valence-electron chi connectivity index (χ3n) is 5.12. The third-order valence-corrected chi connectivity index (χ3v) is 7.79. The highest BCUT2D eigenvalue weighted by Gasteiger charge is 2.41. The van der Waals surface area contributed by atoms with Crippen molar-refractivity contribution in [3.8, 4) is 0 Å². The summed E-state index contributed by atoms with van der Waals surface area (Å²) in [5, 5.41) is 4.59. The number of carbonyl (C=O) groups is 2. The maximum absolute atomic E-state index is 13.4. The minimum Gasteiger partial charge on any atom is -0.462 e.